The first-order chi connectivity index (χ1) is 17.0. The summed E-state index contributed by atoms with van der Waals surface area (Å²) in [5.41, 5.74) is 4.61. The molecule has 35 heavy (non-hydrogen) atoms. The minimum atomic E-state index is -0.961. The number of alkyl carbamates (subject to hydrolysis) is 1. The fraction of sp³-hybridized carbons (Fsp3) is 0.464. The van der Waals surface area contributed by atoms with E-state index < -0.39 is 24.1 Å². The summed E-state index contributed by atoms with van der Waals surface area (Å²) >= 11 is 0. The number of hydrogen-bond acceptors (Lipinski definition) is 4. The zero-order valence-electron chi connectivity index (χ0n) is 20.2. The van der Waals surface area contributed by atoms with E-state index in [2.05, 4.69) is 29.6 Å². The molecule has 1 fully saturated rings. The summed E-state index contributed by atoms with van der Waals surface area (Å²) in [6.07, 6.45) is 3.91. The van der Waals surface area contributed by atoms with Crippen LogP contribution in [0.1, 0.15) is 68.9 Å². The van der Waals surface area contributed by atoms with Crippen molar-refractivity contribution < 1.29 is 24.2 Å². The standard InChI is InChI=1S/C28H34N2O5/c1-2-10-19(17-26(31)30-16-9-3-4-15-25(30)27(32)33)29-28(34)35-18-24-22-13-7-5-11-20(22)21-12-6-8-14-23(21)24/h5-8,11-14,19,24-25H,2-4,9-10,15-18H2,1H3,(H,29,34)(H,32,33)/t19-,25?/m0/s1. The average molecular weight is 479 g/mol. The van der Waals surface area contributed by atoms with Gasteiger partial charge in [-0.15, -0.1) is 0 Å². The average Bonchev–Trinajstić information content (AvgIpc) is 2.98. The molecule has 186 valence electrons. The fourth-order valence-corrected chi connectivity index (χ4v) is 5.37. The quantitative estimate of drug-likeness (QED) is 0.560. The van der Waals surface area contributed by atoms with Gasteiger partial charge in [0.25, 0.3) is 0 Å². The van der Waals surface area contributed by atoms with Crippen molar-refractivity contribution in [3.8, 4) is 11.1 Å². The van der Waals surface area contributed by atoms with E-state index in [-0.39, 0.29) is 24.9 Å². The number of fused-ring (bicyclic) bond motifs is 3. The number of carbonyl (C=O) groups excluding carboxylic acids is 2. The molecule has 7 nitrogen and oxygen atoms in total. The SMILES string of the molecule is CCC[C@@H](CC(=O)N1CCCCCC1C(=O)O)NC(=O)OCC1c2ccccc2-c2ccccc21. The number of aliphatic carboxylic acids is 1. The van der Waals surface area contributed by atoms with E-state index in [0.29, 0.717) is 19.4 Å². The van der Waals surface area contributed by atoms with Gasteiger partial charge < -0.3 is 20.1 Å². The highest BCUT2D eigenvalue weighted by Gasteiger charge is 2.33. The lowest BCUT2D eigenvalue weighted by Crippen LogP contribution is -2.47. The molecule has 2 aromatic carbocycles. The molecule has 1 unspecified atom stereocenters. The van der Waals surface area contributed by atoms with Crippen LogP contribution in [0.25, 0.3) is 11.1 Å². The van der Waals surface area contributed by atoms with Gasteiger partial charge in [0.1, 0.15) is 12.6 Å². The van der Waals surface area contributed by atoms with Gasteiger partial charge in [-0.2, -0.15) is 0 Å². The number of benzene rings is 2. The van der Waals surface area contributed by atoms with Crippen molar-refractivity contribution in [2.24, 2.45) is 0 Å². The zero-order chi connectivity index (χ0) is 24.8. The van der Waals surface area contributed by atoms with Gasteiger partial charge in [-0.05, 0) is 41.5 Å². The molecule has 0 spiro atoms. The Bertz CT molecular complexity index is 1020. The molecular formula is C28H34N2O5. The van der Waals surface area contributed by atoms with Crippen molar-refractivity contribution in [1.82, 2.24) is 10.2 Å². The number of rotatable bonds is 8. The largest absolute Gasteiger partial charge is 0.480 e. The van der Waals surface area contributed by atoms with Gasteiger partial charge in [-0.25, -0.2) is 9.59 Å². The van der Waals surface area contributed by atoms with Gasteiger partial charge in [-0.1, -0.05) is 74.7 Å². The van der Waals surface area contributed by atoms with Crippen LogP contribution in [0.2, 0.25) is 0 Å². The Morgan fingerprint density at radius 2 is 1.69 bits per heavy atom. The lowest BCUT2D eigenvalue weighted by Gasteiger charge is -2.29. The smallest absolute Gasteiger partial charge is 0.407 e. The Hall–Kier alpha value is -3.35. The summed E-state index contributed by atoms with van der Waals surface area (Å²) in [7, 11) is 0. The second-order valence-electron chi connectivity index (χ2n) is 9.45. The van der Waals surface area contributed by atoms with Crippen LogP contribution in [0.15, 0.2) is 48.5 Å². The van der Waals surface area contributed by atoms with Crippen molar-refractivity contribution in [2.45, 2.75) is 69.9 Å². The number of carboxylic acids is 1. The molecule has 0 bridgehead atoms. The molecule has 4 rings (SSSR count). The lowest BCUT2D eigenvalue weighted by molar-refractivity contribution is -0.150. The maximum atomic E-state index is 13.0. The van der Waals surface area contributed by atoms with E-state index in [0.717, 1.165) is 47.9 Å². The van der Waals surface area contributed by atoms with E-state index in [4.69, 9.17) is 4.74 Å². The fourth-order valence-electron chi connectivity index (χ4n) is 5.37. The summed E-state index contributed by atoms with van der Waals surface area (Å²) < 4.78 is 5.65. The molecular weight excluding hydrogens is 444 g/mol. The number of amides is 2. The van der Waals surface area contributed by atoms with Crippen LogP contribution < -0.4 is 5.32 Å². The third kappa shape index (κ3) is 5.66. The van der Waals surface area contributed by atoms with Crippen molar-refractivity contribution in [2.75, 3.05) is 13.2 Å². The van der Waals surface area contributed by atoms with E-state index in [1.165, 1.54) is 4.90 Å². The van der Waals surface area contributed by atoms with Crippen LogP contribution in [0.5, 0.6) is 0 Å². The number of hydrogen-bond donors (Lipinski definition) is 2. The maximum absolute atomic E-state index is 13.0. The van der Waals surface area contributed by atoms with E-state index in [1.54, 1.807) is 0 Å². The van der Waals surface area contributed by atoms with Gasteiger partial charge >= 0.3 is 12.1 Å². The van der Waals surface area contributed by atoms with Gasteiger partial charge in [0, 0.05) is 24.9 Å². The molecule has 7 heteroatoms. The van der Waals surface area contributed by atoms with Crippen LogP contribution in [-0.2, 0) is 14.3 Å². The Labute approximate surface area is 206 Å². The van der Waals surface area contributed by atoms with Gasteiger partial charge in [0.2, 0.25) is 5.91 Å². The van der Waals surface area contributed by atoms with E-state index in [9.17, 15) is 19.5 Å². The first-order valence-corrected chi connectivity index (χ1v) is 12.6. The van der Waals surface area contributed by atoms with Crippen LogP contribution in [0.4, 0.5) is 4.79 Å². The number of likely N-dealkylation sites (tertiary alicyclic amines) is 1. The minimum Gasteiger partial charge on any atom is -0.480 e. The topological polar surface area (TPSA) is 95.9 Å². The maximum Gasteiger partial charge on any atom is 0.407 e. The highest BCUT2D eigenvalue weighted by molar-refractivity contribution is 5.84. The molecule has 0 saturated carbocycles. The highest BCUT2D eigenvalue weighted by atomic mass is 16.5. The molecule has 1 saturated heterocycles. The number of carbonyl (C=O) groups is 3. The minimum absolute atomic E-state index is 0.0344. The second kappa shape index (κ2) is 11.4. The second-order valence-corrected chi connectivity index (χ2v) is 9.45. The summed E-state index contributed by atoms with van der Waals surface area (Å²) in [4.78, 5) is 39.0. The molecule has 2 N–H and O–H groups in total. The van der Waals surface area contributed by atoms with E-state index in [1.807, 2.05) is 31.2 Å². The van der Waals surface area contributed by atoms with E-state index >= 15 is 0 Å². The predicted molar refractivity (Wildman–Crippen MR) is 133 cm³/mol. The first-order valence-electron chi connectivity index (χ1n) is 12.6. The Balaban J connectivity index is 1.38. The Morgan fingerprint density at radius 3 is 2.31 bits per heavy atom. The number of ether oxygens (including phenoxy) is 1. The molecule has 1 aliphatic heterocycles. The molecule has 0 radical (unpaired) electrons. The highest BCUT2D eigenvalue weighted by Crippen LogP contribution is 2.44. The summed E-state index contributed by atoms with van der Waals surface area (Å²) in [6, 6.07) is 15.1. The molecule has 2 aliphatic rings. The summed E-state index contributed by atoms with van der Waals surface area (Å²) in [5.74, 6) is -1.22. The lowest BCUT2D eigenvalue weighted by atomic mass is 9.98. The number of nitrogens with one attached hydrogen (secondary N) is 1. The van der Waals surface area contributed by atoms with Crippen molar-refractivity contribution in [1.29, 1.82) is 0 Å². The first kappa shape index (κ1) is 24.8. The van der Waals surface area contributed by atoms with Crippen LogP contribution in [0, 0.1) is 0 Å². The normalized spacial score (nSPS) is 18.2. The molecule has 0 aromatic heterocycles. The van der Waals surface area contributed by atoms with Crippen LogP contribution >= 0.6 is 0 Å². The third-order valence-corrected chi connectivity index (χ3v) is 7.08. The van der Waals surface area contributed by atoms with Crippen LogP contribution in [-0.4, -0.2) is 53.2 Å². The zero-order valence-corrected chi connectivity index (χ0v) is 20.2. The third-order valence-electron chi connectivity index (χ3n) is 7.08. The van der Waals surface area contributed by atoms with Gasteiger partial charge in [0.05, 0.1) is 0 Å². The number of nitrogens with zero attached hydrogens (tertiary/aromatic N) is 1. The van der Waals surface area contributed by atoms with Crippen molar-refractivity contribution in [3.63, 3.8) is 0 Å². The molecule has 2 atom stereocenters. The summed E-state index contributed by atoms with van der Waals surface area (Å²) in [5, 5.41) is 12.5. The molecule has 1 aliphatic carbocycles. The molecule has 2 amide bonds. The van der Waals surface area contributed by atoms with Crippen molar-refractivity contribution >= 4 is 18.0 Å². The van der Waals surface area contributed by atoms with Gasteiger partial charge in [-0.3, -0.25) is 4.79 Å². The molecule has 1 heterocycles. The van der Waals surface area contributed by atoms with Crippen molar-refractivity contribution in [3.05, 3.63) is 59.7 Å². The Kier molecular flexibility index (Phi) is 8.06. The number of carboxylic acid groups (broad SMARTS) is 1. The van der Waals surface area contributed by atoms with Gasteiger partial charge in [0.15, 0.2) is 0 Å². The predicted octanol–water partition coefficient (Wildman–Crippen LogP) is 4.94. The summed E-state index contributed by atoms with van der Waals surface area (Å²) in [6.45, 7) is 2.64. The van der Waals surface area contributed by atoms with Crippen LogP contribution in [0.3, 0.4) is 0 Å². The monoisotopic (exact) mass is 478 g/mol. The Morgan fingerprint density at radius 1 is 1.03 bits per heavy atom. The molecule has 2 aromatic rings.